The molecule has 0 saturated carbocycles. The number of carbonyl (C=O) groups excluding carboxylic acids is 2. The van der Waals surface area contributed by atoms with Gasteiger partial charge in [0.05, 0.1) is 40.9 Å². The van der Waals surface area contributed by atoms with E-state index in [4.69, 9.17) is 14.2 Å². The van der Waals surface area contributed by atoms with Crippen LogP contribution in [0.3, 0.4) is 0 Å². The molecular formula is C36H36INO6. The van der Waals surface area contributed by atoms with Gasteiger partial charge in [-0.15, -0.1) is 0 Å². The van der Waals surface area contributed by atoms with Crippen molar-refractivity contribution in [3.05, 3.63) is 98.6 Å². The smallest absolute Gasteiger partial charge is 0.238 e. The van der Waals surface area contributed by atoms with E-state index in [1.54, 1.807) is 7.11 Å². The topological polar surface area (TPSA) is 85.3 Å². The standard InChI is InChI=1S/C36H36INO6/c1-3-22(16-23-17-29(37)34(39)31(18-23)42-2)14-15-30-32-24(20-43-26-12-8-5-9-13-26)19-27-33(28(32)21-44-30)36(41)38(35(27)40)25-10-6-4-7-11-25/h4-13,16-18,27-28,30,33,39H,3,14-15,19-21H2,1-2H3/b22-16+/t27-,28+,30-,33-/m1/s1. The number of amides is 2. The molecule has 3 aromatic carbocycles. The molecule has 2 amide bonds. The highest BCUT2D eigenvalue weighted by Gasteiger charge is 2.57. The maximum atomic E-state index is 13.9. The van der Waals surface area contributed by atoms with Crippen LogP contribution in [0, 0.1) is 21.3 Å². The minimum Gasteiger partial charge on any atom is -0.504 e. The lowest BCUT2D eigenvalue weighted by Crippen LogP contribution is -2.35. The number of nitrogens with zero attached hydrogens (tertiary/aromatic N) is 1. The summed E-state index contributed by atoms with van der Waals surface area (Å²) < 4.78 is 18.8. The van der Waals surface area contributed by atoms with Crippen LogP contribution in [-0.2, 0) is 14.3 Å². The number of hydrogen-bond donors (Lipinski definition) is 1. The van der Waals surface area contributed by atoms with Crippen LogP contribution in [0.2, 0.25) is 0 Å². The van der Waals surface area contributed by atoms with Crippen molar-refractivity contribution in [3.63, 3.8) is 0 Å². The number of halogens is 1. The molecule has 0 radical (unpaired) electrons. The van der Waals surface area contributed by atoms with E-state index < -0.39 is 11.8 Å². The summed E-state index contributed by atoms with van der Waals surface area (Å²) in [7, 11) is 1.55. The summed E-state index contributed by atoms with van der Waals surface area (Å²) in [4.78, 5) is 29.0. The second kappa shape index (κ2) is 13.2. The third-order valence-electron chi connectivity index (χ3n) is 9.00. The fourth-order valence-corrected chi connectivity index (χ4v) is 7.49. The van der Waals surface area contributed by atoms with Gasteiger partial charge in [0.1, 0.15) is 12.4 Å². The van der Waals surface area contributed by atoms with Crippen LogP contribution >= 0.6 is 22.6 Å². The molecule has 3 aliphatic rings. The van der Waals surface area contributed by atoms with Crippen molar-refractivity contribution in [1.29, 1.82) is 0 Å². The molecule has 3 aromatic rings. The molecule has 6 rings (SSSR count). The lowest BCUT2D eigenvalue weighted by Gasteiger charge is -2.31. The van der Waals surface area contributed by atoms with Gasteiger partial charge in [0.25, 0.3) is 0 Å². The van der Waals surface area contributed by atoms with Gasteiger partial charge in [-0.2, -0.15) is 0 Å². The third-order valence-corrected chi connectivity index (χ3v) is 9.82. The molecule has 2 saturated heterocycles. The van der Waals surface area contributed by atoms with Crippen LogP contribution in [0.5, 0.6) is 17.2 Å². The van der Waals surface area contributed by atoms with Crippen molar-refractivity contribution in [2.24, 2.45) is 17.8 Å². The van der Waals surface area contributed by atoms with Crippen molar-refractivity contribution in [3.8, 4) is 17.2 Å². The second-order valence-corrected chi connectivity index (χ2v) is 12.7. The number of anilines is 1. The predicted molar refractivity (Wildman–Crippen MR) is 178 cm³/mol. The maximum Gasteiger partial charge on any atom is 0.238 e. The Morgan fingerprint density at radius 1 is 1.05 bits per heavy atom. The van der Waals surface area contributed by atoms with Gasteiger partial charge in [0.2, 0.25) is 11.8 Å². The van der Waals surface area contributed by atoms with Gasteiger partial charge >= 0.3 is 0 Å². The summed E-state index contributed by atoms with van der Waals surface area (Å²) in [6, 6.07) is 22.7. The average molecular weight is 706 g/mol. The number of fused-ring (bicyclic) bond motifs is 3. The minimum atomic E-state index is -0.434. The third kappa shape index (κ3) is 5.89. The highest BCUT2D eigenvalue weighted by atomic mass is 127. The molecule has 0 aromatic heterocycles. The van der Waals surface area contributed by atoms with E-state index in [1.165, 1.54) is 10.5 Å². The van der Waals surface area contributed by atoms with E-state index in [0.29, 0.717) is 31.1 Å². The number of ether oxygens (including phenoxy) is 3. The van der Waals surface area contributed by atoms with Gasteiger partial charge in [-0.25, -0.2) is 0 Å². The summed E-state index contributed by atoms with van der Waals surface area (Å²) in [5, 5.41) is 10.3. The number of imide groups is 1. The Hall–Kier alpha value is -3.63. The number of rotatable bonds is 10. The van der Waals surface area contributed by atoms with Crippen LogP contribution in [0.1, 0.15) is 38.2 Å². The zero-order chi connectivity index (χ0) is 30.8. The maximum absolute atomic E-state index is 13.9. The molecule has 1 aliphatic carbocycles. The number of methoxy groups -OCH3 is 1. The molecule has 0 spiro atoms. The van der Waals surface area contributed by atoms with Crippen molar-refractivity contribution in [2.45, 2.75) is 38.7 Å². The van der Waals surface area contributed by atoms with Crippen molar-refractivity contribution in [1.82, 2.24) is 0 Å². The summed E-state index contributed by atoms with van der Waals surface area (Å²) >= 11 is 2.11. The second-order valence-electron chi connectivity index (χ2n) is 11.5. The molecule has 8 heteroatoms. The van der Waals surface area contributed by atoms with Crippen LogP contribution < -0.4 is 14.4 Å². The number of para-hydroxylation sites is 2. The lowest BCUT2D eigenvalue weighted by molar-refractivity contribution is -0.122. The van der Waals surface area contributed by atoms with Gasteiger partial charge in [-0.1, -0.05) is 55.0 Å². The van der Waals surface area contributed by atoms with Crippen LogP contribution in [0.25, 0.3) is 6.08 Å². The Morgan fingerprint density at radius 3 is 2.48 bits per heavy atom. The Morgan fingerprint density at radius 2 is 1.77 bits per heavy atom. The van der Waals surface area contributed by atoms with Crippen molar-refractivity contribution >= 4 is 46.2 Å². The van der Waals surface area contributed by atoms with E-state index >= 15 is 0 Å². The van der Waals surface area contributed by atoms with E-state index in [1.807, 2.05) is 72.8 Å². The summed E-state index contributed by atoms with van der Waals surface area (Å²) in [5.41, 5.74) is 5.04. The first-order valence-electron chi connectivity index (χ1n) is 15.1. The molecule has 228 valence electrons. The molecule has 2 aliphatic heterocycles. The van der Waals surface area contributed by atoms with Gasteiger partial charge in [0.15, 0.2) is 11.5 Å². The van der Waals surface area contributed by atoms with Gasteiger partial charge in [-0.05, 0) is 101 Å². The summed E-state index contributed by atoms with van der Waals surface area (Å²) in [6.07, 6.45) is 4.91. The zero-order valence-electron chi connectivity index (χ0n) is 24.9. The number of allylic oxidation sites excluding steroid dienone is 1. The first-order valence-corrected chi connectivity index (χ1v) is 16.2. The van der Waals surface area contributed by atoms with Crippen LogP contribution in [0.4, 0.5) is 5.69 Å². The fourth-order valence-electron chi connectivity index (χ4n) is 6.86. The molecule has 44 heavy (non-hydrogen) atoms. The van der Waals surface area contributed by atoms with E-state index in [9.17, 15) is 14.7 Å². The van der Waals surface area contributed by atoms with Crippen molar-refractivity contribution in [2.75, 3.05) is 25.2 Å². The first-order chi connectivity index (χ1) is 21.4. The average Bonchev–Trinajstić information content (AvgIpc) is 3.58. The number of aromatic hydroxyl groups is 1. The normalized spacial score (nSPS) is 23.2. The minimum absolute atomic E-state index is 0.133. The molecular weight excluding hydrogens is 669 g/mol. The Bertz CT molecular complexity index is 1600. The molecule has 1 N–H and O–H groups in total. The predicted octanol–water partition coefficient (Wildman–Crippen LogP) is 7.18. The van der Waals surface area contributed by atoms with E-state index in [-0.39, 0.29) is 29.6 Å². The first kappa shape index (κ1) is 30.4. The molecule has 2 fully saturated rings. The SMILES string of the molecule is CC/C(=C\c1cc(I)c(O)c(OC)c1)CC[C@H]1OC[C@H]2C1=C(COc1ccccc1)C[C@H]1C(=O)N(c3ccccc3)C(=O)[C@H]12. The quantitative estimate of drug-likeness (QED) is 0.137. The zero-order valence-corrected chi connectivity index (χ0v) is 27.0. The number of phenolic OH excluding ortho intramolecular Hbond substituents is 1. The van der Waals surface area contributed by atoms with Crippen molar-refractivity contribution < 1.29 is 28.9 Å². The Kier molecular flexibility index (Phi) is 9.09. The number of phenols is 1. The number of hydrogen-bond acceptors (Lipinski definition) is 6. The largest absolute Gasteiger partial charge is 0.504 e. The van der Waals surface area contributed by atoms with E-state index in [0.717, 1.165) is 45.3 Å². The van der Waals surface area contributed by atoms with Crippen LogP contribution in [-0.4, -0.2) is 43.3 Å². The molecule has 4 atom stereocenters. The summed E-state index contributed by atoms with van der Waals surface area (Å²) in [6.45, 7) is 2.90. The molecule has 0 bridgehead atoms. The highest BCUT2D eigenvalue weighted by Crippen LogP contribution is 2.50. The Balaban J connectivity index is 1.27. The van der Waals surface area contributed by atoms with Gasteiger partial charge in [0, 0.05) is 5.92 Å². The summed E-state index contributed by atoms with van der Waals surface area (Å²) in [5.74, 6) is 0.0762. The van der Waals surface area contributed by atoms with Gasteiger partial charge in [-0.3, -0.25) is 14.5 Å². The molecule has 7 nitrogen and oxygen atoms in total. The number of benzene rings is 3. The lowest BCUT2D eigenvalue weighted by atomic mass is 9.69. The Labute approximate surface area is 271 Å². The number of carbonyl (C=O) groups is 2. The van der Waals surface area contributed by atoms with E-state index in [2.05, 4.69) is 35.6 Å². The van der Waals surface area contributed by atoms with Gasteiger partial charge < -0.3 is 19.3 Å². The molecule has 2 heterocycles. The fraction of sp³-hybridized carbons (Fsp3) is 0.333. The van der Waals surface area contributed by atoms with Crippen LogP contribution in [0.15, 0.2) is 89.5 Å². The highest BCUT2D eigenvalue weighted by molar-refractivity contribution is 14.1. The molecule has 0 unspecified atom stereocenters. The monoisotopic (exact) mass is 705 g/mol.